The maximum absolute atomic E-state index is 13.4. The number of halogens is 3. The molecule has 0 radical (unpaired) electrons. The summed E-state index contributed by atoms with van der Waals surface area (Å²) in [5, 5.41) is 2.80. The van der Waals surface area contributed by atoms with Gasteiger partial charge in [-0.15, -0.1) is 19.8 Å². The fourth-order valence-corrected chi connectivity index (χ4v) is 6.31. The average molecular weight is 573 g/mol. The first-order chi connectivity index (χ1) is 19.5. The molecule has 2 aromatic carbocycles. The third-order valence-corrected chi connectivity index (χ3v) is 7.92. The van der Waals surface area contributed by atoms with Crippen LogP contribution in [0.1, 0.15) is 50.2 Å². The molecule has 1 saturated heterocycles. The number of benzene rings is 2. The molecule has 220 valence electrons. The summed E-state index contributed by atoms with van der Waals surface area (Å²) in [5.41, 5.74) is -0.418. The van der Waals surface area contributed by atoms with Gasteiger partial charge in [-0.1, -0.05) is 55.0 Å². The zero-order valence-corrected chi connectivity index (χ0v) is 23.2. The van der Waals surface area contributed by atoms with Crippen molar-refractivity contribution < 1.29 is 37.0 Å². The van der Waals surface area contributed by atoms with Crippen molar-refractivity contribution in [1.82, 2.24) is 10.2 Å². The van der Waals surface area contributed by atoms with Crippen LogP contribution in [0.3, 0.4) is 0 Å². The van der Waals surface area contributed by atoms with E-state index in [9.17, 15) is 22.8 Å². The van der Waals surface area contributed by atoms with Gasteiger partial charge in [0.05, 0.1) is 13.3 Å². The standard InChI is InChI=1S/C31H35F3N2O5/c1-4-17-36-21-30(40-22(2)37)16-9-8-15-29(30,24-13-10-14-25(19-24)39-3)20-27(36)35-28(38)26(41-31(32,33)34)18-23-11-6-5-7-12-23/h4-7,10-14,18-19,27H,1,8-9,15-17,20-21H2,2-3H3,(H,35,38)/t27-,29-,30?/m0/s1. The number of fused-ring (bicyclic) bond motifs is 1. The highest BCUT2D eigenvalue weighted by Crippen LogP contribution is 2.55. The molecule has 10 heteroatoms. The van der Waals surface area contributed by atoms with Crippen LogP contribution in [0, 0.1) is 0 Å². The van der Waals surface area contributed by atoms with Crippen LogP contribution in [-0.2, 0) is 24.5 Å². The van der Waals surface area contributed by atoms with Gasteiger partial charge < -0.3 is 19.5 Å². The van der Waals surface area contributed by atoms with Crippen LogP contribution in [0.5, 0.6) is 5.75 Å². The highest BCUT2D eigenvalue weighted by molar-refractivity contribution is 5.96. The van der Waals surface area contributed by atoms with Gasteiger partial charge in [0.2, 0.25) is 0 Å². The molecule has 2 fully saturated rings. The Bertz CT molecular complexity index is 1280. The van der Waals surface area contributed by atoms with Gasteiger partial charge in [-0.3, -0.25) is 14.5 Å². The average Bonchev–Trinajstić information content (AvgIpc) is 2.92. The highest BCUT2D eigenvalue weighted by atomic mass is 19.4. The number of alkyl halides is 3. The molecule has 4 rings (SSSR count). The van der Waals surface area contributed by atoms with Gasteiger partial charge in [-0.2, -0.15) is 0 Å². The maximum Gasteiger partial charge on any atom is 0.573 e. The van der Waals surface area contributed by atoms with Gasteiger partial charge in [0.1, 0.15) is 11.4 Å². The summed E-state index contributed by atoms with van der Waals surface area (Å²) < 4.78 is 56.0. The van der Waals surface area contributed by atoms with Crippen LogP contribution in [0.15, 0.2) is 73.0 Å². The molecule has 1 saturated carbocycles. The number of carbonyl (C=O) groups excluding carboxylic acids is 2. The fourth-order valence-electron chi connectivity index (χ4n) is 6.31. The smallest absolute Gasteiger partial charge is 0.497 e. The number of nitrogens with one attached hydrogen (secondary N) is 1. The minimum atomic E-state index is -5.07. The second-order valence-electron chi connectivity index (χ2n) is 10.5. The number of hydrogen-bond donors (Lipinski definition) is 1. The zero-order valence-electron chi connectivity index (χ0n) is 23.2. The molecular weight excluding hydrogens is 537 g/mol. The van der Waals surface area contributed by atoms with E-state index in [4.69, 9.17) is 9.47 Å². The first kappa shape index (κ1) is 30.2. The largest absolute Gasteiger partial charge is 0.573 e. The molecule has 3 atom stereocenters. The van der Waals surface area contributed by atoms with E-state index in [0.717, 1.165) is 24.5 Å². The van der Waals surface area contributed by atoms with E-state index in [1.807, 2.05) is 29.2 Å². The number of likely N-dealkylation sites (tertiary alicyclic amines) is 1. The van der Waals surface area contributed by atoms with Gasteiger partial charge in [0, 0.05) is 25.4 Å². The Balaban J connectivity index is 1.77. The molecule has 7 nitrogen and oxygen atoms in total. The normalized spacial score (nSPS) is 25.0. The summed E-state index contributed by atoms with van der Waals surface area (Å²) in [5.74, 6) is -1.69. The van der Waals surface area contributed by atoms with Crippen LogP contribution in [0.4, 0.5) is 13.2 Å². The second-order valence-corrected chi connectivity index (χ2v) is 10.5. The molecule has 2 aromatic rings. The van der Waals surface area contributed by atoms with E-state index >= 15 is 0 Å². The number of amides is 1. The molecule has 2 aliphatic rings. The number of carbonyl (C=O) groups is 2. The van der Waals surface area contributed by atoms with Crippen molar-refractivity contribution >= 4 is 18.0 Å². The molecule has 0 spiro atoms. The summed E-state index contributed by atoms with van der Waals surface area (Å²) >= 11 is 0. The van der Waals surface area contributed by atoms with Crippen molar-refractivity contribution in [3.05, 3.63) is 84.1 Å². The number of hydrogen-bond acceptors (Lipinski definition) is 6. The molecule has 1 amide bonds. The van der Waals surface area contributed by atoms with Crippen molar-refractivity contribution in [2.75, 3.05) is 20.2 Å². The Morgan fingerprint density at radius 3 is 2.51 bits per heavy atom. The third-order valence-electron chi connectivity index (χ3n) is 7.92. The fraction of sp³-hybridized carbons (Fsp3) is 0.419. The van der Waals surface area contributed by atoms with Gasteiger partial charge in [0.25, 0.3) is 5.91 Å². The molecule has 1 aliphatic carbocycles. The van der Waals surface area contributed by atoms with Gasteiger partial charge in [0.15, 0.2) is 5.76 Å². The van der Waals surface area contributed by atoms with Crippen LogP contribution in [-0.4, -0.2) is 55.1 Å². The number of esters is 1. The lowest BCUT2D eigenvalue weighted by Gasteiger charge is -2.60. The van der Waals surface area contributed by atoms with E-state index < -0.39 is 41.2 Å². The number of nitrogens with zero attached hydrogens (tertiary/aromatic N) is 1. The first-order valence-corrected chi connectivity index (χ1v) is 13.5. The van der Waals surface area contributed by atoms with Gasteiger partial charge in [-0.05, 0) is 55.0 Å². The van der Waals surface area contributed by atoms with Crippen LogP contribution in [0.25, 0.3) is 6.08 Å². The molecule has 0 bridgehead atoms. The molecule has 1 unspecified atom stereocenters. The SMILES string of the molecule is C=CCN1CC2(OC(C)=O)CCCC[C@@]2(c2cccc(OC)c2)C[C@H]1NC(=O)C(=Cc1ccccc1)OC(F)(F)F. The lowest BCUT2D eigenvalue weighted by Crippen LogP contribution is -2.71. The van der Waals surface area contributed by atoms with Crippen molar-refractivity contribution in [1.29, 1.82) is 0 Å². The Morgan fingerprint density at radius 2 is 1.85 bits per heavy atom. The number of rotatable bonds is 9. The molecular formula is C31H35F3N2O5. The van der Waals surface area contributed by atoms with Crippen LogP contribution >= 0.6 is 0 Å². The lowest BCUT2D eigenvalue weighted by molar-refractivity contribution is -0.304. The number of methoxy groups -OCH3 is 1. The predicted octanol–water partition coefficient (Wildman–Crippen LogP) is 5.72. The minimum Gasteiger partial charge on any atom is -0.497 e. The summed E-state index contributed by atoms with van der Waals surface area (Å²) in [7, 11) is 1.56. The molecule has 1 N–H and O–H groups in total. The second kappa shape index (κ2) is 12.4. The van der Waals surface area contributed by atoms with Crippen molar-refractivity contribution in [3.8, 4) is 5.75 Å². The van der Waals surface area contributed by atoms with E-state index in [-0.39, 0.29) is 13.0 Å². The van der Waals surface area contributed by atoms with Crippen molar-refractivity contribution in [3.63, 3.8) is 0 Å². The van der Waals surface area contributed by atoms with E-state index in [0.29, 0.717) is 30.7 Å². The third kappa shape index (κ3) is 6.75. The van der Waals surface area contributed by atoms with Gasteiger partial charge >= 0.3 is 12.3 Å². The van der Waals surface area contributed by atoms with E-state index in [2.05, 4.69) is 16.6 Å². The van der Waals surface area contributed by atoms with E-state index in [1.54, 1.807) is 43.5 Å². The van der Waals surface area contributed by atoms with Gasteiger partial charge in [-0.25, -0.2) is 0 Å². The topological polar surface area (TPSA) is 77.1 Å². The molecule has 41 heavy (non-hydrogen) atoms. The van der Waals surface area contributed by atoms with Crippen molar-refractivity contribution in [2.45, 2.75) is 62.6 Å². The van der Waals surface area contributed by atoms with Crippen LogP contribution in [0.2, 0.25) is 0 Å². The van der Waals surface area contributed by atoms with Crippen molar-refractivity contribution in [2.24, 2.45) is 0 Å². The monoisotopic (exact) mass is 572 g/mol. The minimum absolute atomic E-state index is 0.249. The van der Waals surface area contributed by atoms with Crippen LogP contribution < -0.4 is 10.1 Å². The lowest BCUT2D eigenvalue weighted by atomic mass is 9.55. The summed E-state index contributed by atoms with van der Waals surface area (Å²) in [6, 6.07) is 15.7. The van der Waals surface area contributed by atoms with E-state index in [1.165, 1.54) is 6.92 Å². The molecule has 1 aliphatic heterocycles. The maximum atomic E-state index is 13.4. The highest BCUT2D eigenvalue weighted by Gasteiger charge is 2.61. The predicted molar refractivity (Wildman–Crippen MR) is 148 cm³/mol. The first-order valence-electron chi connectivity index (χ1n) is 13.5. The zero-order chi connectivity index (χ0) is 29.7. The number of ether oxygens (including phenoxy) is 3. The summed E-state index contributed by atoms with van der Waals surface area (Å²) in [6.07, 6.45) is 0.116. The Hall–Kier alpha value is -3.79. The Kier molecular flexibility index (Phi) is 9.11. The summed E-state index contributed by atoms with van der Waals surface area (Å²) in [4.78, 5) is 27.8. The molecule has 0 aromatic heterocycles. The summed E-state index contributed by atoms with van der Waals surface area (Å²) in [6.45, 7) is 5.76. The quantitative estimate of drug-likeness (QED) is 0.179. The Labute approximate surface area is 238 Å². The number of piperidine rings is 1. The molecule has 1 heterocycles. The Morgan fingerprint density at radius 1 is 1.12 bits per heavy atom.